The standard InChI is InChI=1S/C15H30N2O/c1-3-4-5-6-7-8-11-17-15(18)14-13(2)10-9-12-16-14/h13-14,16H,3-12H2,1-2H3,(H,17,18). The second-order valence-electron chi connectivity index (χ2n) is 5.61. The van der Waals surface area contributed by atoms with Crippen LogP contribution in [0.2, 0.25) is 0 Å². The molecule has 1 saturated heterocycles. The molecule has 1 fully saturated rings. The minimum Gasteiger partial charge on any atom is -0.355 e. The predicted octanol–water partition coefficient (Wildman–Crippen LogP) is 2.85. The number of nitrogens with one attached hydrogen (secondary N) is 2. The molecule has 1 aliphatic heterocycles. The van der Waals surface area contributed by atoms with Gasteiger partial charge in [0.25, 0.3) is 0 Å². The zero-order chi connectivity index (χ0) is 13.2. The van der Waals surface area contributed by atoms with Gasteiger partial charge >= 0.3 is 0 Å². The van der Waals surface area contributed by atoms with E-state index in [1.54, 1.807) is 0 Å². The van der Waals surface area contributed by atoms with Gasteiger partial charge in [-0.2, -0.15) is 0 Å². The molecule has 0 radical (unpaired) electrons. The molecule has 0 bridgehead atoms. The fourth-order valence-corrected chi connectivity index (χ4v) is 2.63. The molecule has 0 spiro atoms. The summed E-state index contributed by atoms with van der Waals surface area (Å²) in [6.07, 6.45) is 10.0. The lowest BCUT2D eigenvalue weighted by Gasteiger charge is -2.28. The largest absolute Gasteiger partial charge is 0.355 e. The Morgan fingerprint density at radius 3 is 2.67 bits per heavy atom. The van der Waals surface area contributed by atoms with Crippen molar-refractivity contribution in [3.8, 4) is 0 Å². The summed E-state index contributed by atoms with van der Waals surface area (Å²) in [7, 11) is 0. The molecule has 1 rings (SSSR count). The topological polar surface area (TPSA) is 41.1 Å². The van der Waals surface area contributed by atoms with Gasteiger partial charge in [-0.15, -0.1) is 0 Å². The van der Waals surface area contributed by atoms with Gasteiger partial charge in [0.15, 0.2) is 0 Å². The Balaban J connectivity index is 2.02. The number of carbonyl (C=O) groups excluding carboxylic acids is 1. The number of hydrogen-bond donors (Lipinski definition) is 2. The van der Waals surface area contributed by atoms with E-state index in [0.717, 1.165) is 19.5 Å². The first-order chi connectivity index (χ1) is 8.75. The van der Waals surface area contributed by atoms with Gasteiger partial charge < -0.3 is 10.6 Å². The molecular weight excluding hydrogens is 224 g/mol. The summed E-state index contributed by atoms with van der Waals surface area (Å²) in [5, 5.41) is 6.40. The van der Waals surface area contributed by atoms with Crippen molar-refractivity contribution >= 4 is 5.91 Å². The third kappa shape index (κ3) is 5.85. The molecule has 0 aromatic heterocycles. The first-order valence-corrected chi connectivity index (χ1v) is 7.76. The Morgan fingerprint density at radius 2 is 1.94 bits per heavy atom. The van der Waals surface area contributed by atoms with Crippen LogP contribution in [-0.2, 0) is 4.79 Å². The van der Waals surface area contributed by atoms with E-state index in [2.05, 4.69) is 24.5 Å². The second kappa shape index (κ2) is 9.37. The highest BCUT2D eigenvalue weighted by atomic mass is 16.2. The fourth-order valence-electron chi connectivity index (χ4n) is 2.63. The molecule has 18 heavy (non-hydrogen) atoms. The summed E-state index contributed by atoms with van der Waals surface area (Å²) in [5.41, 5.74) is 0. The molecule has 1 heterocycles. The van der Waals surface area contributed by atoms with E-state index in [-0.39, 0.29) is 11.9 Å². The van der Waals surface area contributed by atoms with Crippen molar-refractivity contribution in [1.82, 2.24) is 10.6 Å². The van der Waals surface area contributed by atoms with Gasteiger partial charge in [0.05, 0.1) is 6.04 Å². The summed E-state index contributed by atoms with van der Waals surface area (Å²) in [6.45, 7) is 6.23. The summed E-state index contributed by atoms with van der Waals surface area (Å²) in [6, 6.07) is 0.0406. The molecule has 0 aromatic carbocycles. The highest BCUT2D eigenvalue weighted by Gasteiger charge is 2.26. The van der Waals surface area contributed by atoms with Gasteiger partial charge in [-0.3, -0.25) is 4.79 Å². The SMILES string of the molecule is CCCCCCCCNC(=O)C1NCCCC1C. The summed E-state index contributed by atoms with van der Waals surface area (Å²) in [5.74, 6) is 0.680. The van der Waals surface area contributed by atoms with Crippen LogP contribution in [0.25, 0.3) is 0 Å². The lowest BCUT2D eigenvalue weighted by Crippen LogP contribution is -2.51. The summed E-state index contributed by atoms with van der Waals surface area (Å²) < 4.78 is 0. The van der Waals surface area contributed by atoms with Gasteiger partial charge in [0.1, 0.15) is 0 Å². The molecule has 2 N–H and O–H groups in total. The molecule has 0 aliphatic carbocycles. The molecule has 3 heteroatoms. The van der Waals surface area contributed by atoms with E-state index in [1.165, 1.54) is 44.9 Å². The van der Waals surface area contributed by atoms with Crippen LogP contribution in [0.4, 0.5) is 0 Å². The first-order valence-electron chi connectivity index (χ1n) is 7.76. The molecular formula is C15H30N2O. The Morgan fingerprint density at radius 1 is 1.22 bits per heavy atom. The lowest BCUT2D eigenvalue weighted by molar-refractivity contribution is -0.124. The van der Waals surface area contributed by atoms with E-state index in [9.17, 15) is 4.79 Å². The smallest absolute Gasteiger partial charge is 0.237 e. The highest BCUT2D eigenvalue weighted by molar-refractivity contribution is 5.82. The predicted molar refractivity (Wildman–Crippen MR) is 76.6 cm³/mol. The van der Waals surface area contributed by atoms with Crippen LogP contribution in [0.3, 0.4) is 0 Å². The van der Waals surface area contributed by atoms with E-state index >= 15 is 0 Å². The van der Waals surface area contributed by atoms with Crippen LogP contribution in [0.1, 0.15) is 65.2 Å². The van der Waals surface area contributed by atoms with Crippen LogP contribution in [-0.4, -0.2) is 25.0 Å². The van der Waals surface area contributed by atoms with Crippen LogP contribution in [0.5, 0.6) is 0 Å². The van der Waals surface area contributed by atoms with Crippen molar-refractivity contribution < 1.29 is 4.79 Å². The zero-order valence-electron chi connectivity index (χ0n) is 12.1. The van der Waals surface area contributed by atoms with Gasteiger partial charge in [-0.1, -0.05) is 46.0 Å². The lowest BCUT2D eigenvalue weighted by atomic mass is 9.92. The number of hydrogen-bond acceptors (Lipinski definition) is 2. The maximum atomic E-state index is 12.0. The van der Waals surface area contributed by atoms with Crippen molar-refractivity contribution in [2.75, 3.05) is 13.1 Å². The third-order valence-corrected chi connectivity index (χ3v) is 3.88. The minimum atomic E-state index is 0.0406. The molecule has 2 unspecified atom stereocenters. The molecule has 0 saturated carbocycles. The maximum absolute atomic E-state index is 12.0. The fraction of sp³-hybridized carbons (Fsp3) is 0.933. The van der Waals surface area contributed by atoms with E-state index in [4.69, 9.17) is 0 Å². The van der Waals surface area contributed by atoms with Gasteiger partial charge in [-0.25, -0.2) is 0 Å². The average molecular weight is 254 g/mol. The third-order valence-electron chi connectivity index (χ3n) is 3.88. The minimum absolute atomic E-state index is 0.0406. The molecule has 3 nitrogen and oxygen atoms in total. The van der Waals surface area contributed by atoms with Crippen LogP contribution >= 0.6 is 0 Å². The van der Waals surface area contributed by atoms with Crippen molar-refractivity contribution in [3.05, 3.63) is 0 Å². The van der Waals surface area contributed by atoms with Crippen LogP contribution < -0.4 is 10.6 Å². The van der Waals surface area contributed by atoms with Gasteiger partial charge in [0, 0.05) is 6.54 Å². The quantitative estimate of drug-likeness (QED) is 0.654. The Bertz CT molecular complexity index is 231. The average Bonchev–Trinajstić information content (AvgIpc) is 2.38. The number of carbonyl (C=O) groups is 1. The Labute approximate surface area is 112 Å². The normalized spacial score (nSPS) is 23.9. The molecule has 106 valence electrons. The van der Waals surface area contributed by atoms with E-state index in [0.29, 0.717) is 5.92 Å². The summed E-state index contributed by atoms with van der Waals surface area (Å²) in [4.78, 5) is 12.0. The number of piperidine rings is 1. The zero-order valence-corrected chi connectivity index (χ0v) is 12.1. The van der Waals surface area contributed by atoms with Crippen LogP contribution in [0.15, 0.2) is 0 Å². The van der Waals surface area contributed by atoms with Crippen molar-refractivity contribution in [3.63, 3.8) is 0 Å². The molecule has 1 amide bonds. The monoisotopic (exact) mass is 254 g/mol. The number of unbranched alkanes of at least 4 members (excludes halogenated alkanes) is 5. The Kier molecular flexibility index (Phi) is 8.06. The van der Waals surface area contributed by atoms with Gasteiger partial charge in [0.2, 0.25) is 5.91 Å². The van der Waals surface area contributed by atoms with E-state index < -0.39 is 0 Å². The van der Waals surface area contributed by atoms with Crippen molar-refractivity contribution in [2.24, 2.45) is 5.92 Å². The van der Waals surface area contributed by atoms with Crippen LogP contribution in [0, 0.1) is 5.92 Å². The highest BCUT2D eigenvalue weighted by Crippen LogP contribution is 2.15. The number of rotatable bonds is 8. The first kappa shape index (κ1) is 15.5. The maximum Gasteiger partial charge on any atom is 0.237 e. The summed E-state index contributed by atoms with van der Waals surface area (Å²) >= 11 is 0. The molecule has 0 aromatic rings. The number of amides is 1. The van der Waals surface area contributed by atoms with E-state index in [1.807, 2.05) is 0 Å². The second-order valence-corrected chi connectivity index (χ2v) is 5.61. The van der Waals surface area contributed by atoms with Crippen molar-refractivity contribution in [1.29, 1.82) is 0 Å². The Hall–Kier alpha value is -0.570. The molecule has 2 atom stereocenters. The van der Waals surface area contributed by atoms with Gasteiger partial charge in [-0.05, 0) is 31.7 Å². The molecule has 1 aliphatic rings. The van der Waals surface area contributed by atoms with Crippen molar-refractivity contribution in [2.45, 2.75) is 71.3 Å².